The van der Waals surface area contributed by atoms with Crippen molar-refractivity contribution in [1.29, 1.82) is 0 Å². The van der Waals surface area contributed by atoms with Crippen LogP contribution in [0.15, 0.2) is 48.5 Å². The molecule has 27 heavy (non-hydrogen) atoms. The number of anilines is 2. The predicted octanol–water partition coefficient (Wildman–Crippen LogP) is 3.47. The number of nitrogens with zero attached hydrogens (tertiary/aromatic N) is 1. The molecular weight excluding hydrogens is 344 g/mol. The molecule has 1 unspecified atom stereocenters. The topological polar surface area (TPSA) is 67.9 Å². The lowest BCUT2D eigenvalue weighted by Crippen LogP contribution is -2.46. The van der Waals surface area contributed by atoms with Crippen molar-refractivity contribution in [2.45, 2.75) is 26.9 Å². The highest BCUT2D eigenvalue weighted by Gasteiger charge is 2.31. The zero-order valence-corrected chi connectivity index (χ0v) is 15.8. The second-order valence-corrected chi connectivity index (χ2v) is 6.74. The first-order chi connectivity index (χ1) is 13.0. The first-order valence-electron chi connectivity index (χ1n) is 9.06. The third-order valence-corrected chi connectivity index (χ3v) is 4.29. The van der Waals surface area contributed by atoms with Crippen LogP contribution in [-0.4, -0.2) is 31.1 Å². The first-order valence-corrected chi connectivity index (χ1v) is 9.06. The molecule has 2 aromatic rings. The highest BCUT2D eigenvalue weighted by atomic mass is 16.5. The molecular formula is C21H24N2O4. The quantitative estimate of drug-likeness (QED) is 0.848. The first kappa shape index (κ1) is 18.8. The van der Waals surface area contributed by atoms with E-state index in [4.69, 9.17) is 9.47 Å². The van der Waals surface area contributed by atoms with Crippen LogP contribution in [0.5, 0.6) is 11.5 Å². The van der Waals surface area contributed by atoms with E-state index >= 15 is 0 Å². The third-order valence-electron chi connectivity index (χ3n) is 4.29. The number of amides is 2. The van der Waals surface area contributed by atoms with Gasteiger partial charge in [0.1, 0.15) is 18.1 Å². The van der Waals surface area contributed by atoms with E-state index in [-0.39, 0.29) is 17.7 Å². The lowest BCUT2D eigenvalue weighted by Gasteiger charge is -2.33. The molecule has 1 aliphatic heterocycles. The molecule has 6 heteroatoms. The van der Waals surface area contributed by atoms with Crippen LogP contribution in [-0.2, 0) is 9.59 Å². The molecule has 1 aliphatic rings. The number of hydrogen-bond acceptors (Lipinski definition) is 4. The lowest BCUT2D eigenvalue weighted by atomic mass is 10.1. The Morgan fingerprint density at radius 3 is 2.67 bits per heavy atom. The largest absolute Gasteiger partial charge is 0.492 e. The number of ether oxygens (including phenoxy) is 2. The summed E-state index contributed by atoms with van der Waals surface area (Å²) in [6.45, 7) is 6.16. The number of nitrogens with one attached hydrogen (secondary N) is 1. The van der Waals surface area contributed by atoms with E-state index in [9.17, 15) is 9.59 Å². The Labute approximate surface area is 159 Å². The van der Waals surface area contributed by atoms with Gasteiger partial charge in [-0.1, -0.05) is 32.0 Å². The molecule has 0 fully saturated rings. The van der Waals surface area contributed by atoms with Gasteiger partial charge in [-0.25, -0.2) is 0 Å². The Hall–Kier alpha value is -3.02. The maximum atomic E-state index is 12.6. The summed E-state index contributed by atoms with van der Waals surface area (Å²) in [5, 5.41) is 2.85. The van der Waals surface area contributed by atoms with Gasteiger partial charge < -0.3 is 19.7 Å². The van der Waals surface area contributed by atoms with Crippen LogP contribution in [0.4, 0.5) is 11.4 Å². The molecule has 2 amide bonds. The van der Waals surface area contributed by atoms with Crippen LogP contribution < -0.4 is 19.7 Å². The van der Waals surface area contributed by atoms with E-state index in [0.29, 0.717) is 30.3 Å². The summed E-state index contributed by atoms with van der Waals surface area (Å²) in [5.74, 6) is 1.04. The van der Waals surface area contributed by atoms with Crippen molar-refractivity contribution in [3.05, 3.63) is 48.5 Å². The summed E-state index contributed by atoms with van der Waals surface area (Å²) in [6.07, 6.45) is -0.592. The standard InChI is InChI=1S/C21H24N2O4/c1-14(2)20(24)22-16-9-10-18-19(13-16)27-15(3)21(25)23(18)11-12-26-17-7-5-4-6-8-17/h4-10,13-15H,11-12H2,1-3H3,(H,22,24). The zero-order valence-electron chi connectivity index (χ0n) is 15.8. The Kier molecular flexibility index (Phi) is 5.64. The van der Waals surface area contributed by atoms with Crippen molar-refractivity contribution >= 4 is 23.2 Å². The van der Waals surface area contributed by atoms with Gasteiger partial charge in [0.15, 0.2) is 6.10 Å². The zero-order chi connectivity index (χ0) is 19.4. The van der Waals surface area contributed by atoms with E-state index in [2.05, 4.69) is 5.32 Å². The Balaban J connectivity index is 1.73. The van der Waals surface area contributed by atoms with Gasteiger partial charge in [-0.05, 0) is 31.2 Å². The van der Waals surface area contributed by atoms with Crippen LogP contribution in [0, 0.1) is 5.92 Å². The predicted molar refractivity (Wildman–Crippen MR) is 104 cm³/mol. The number of rotatable bonds is 6. The summed E-state index contributed by atoms with van der Waals surface area (Å²) >= 11 is 0. The van der Waals surface area contributed by atoms with Crippen LogP contribution >= 0.6 is 0 Å². The summed E-state index contributed by atoms with van der Waals surface area (Å²) < 4.78 is 11.5. The van der Waals surface area contributed by atoms with E-state index in [1.165, 1.54) is 0 Å². The minimum absolute atomic E-state index is 0.0667. The van der Waals surface area contributed by atoms with Crippen molar-refractivity contribution in [2.24, 2.45) is 5.92 Å². The number of hydrogen-bond donors (Lipinski definition) is 1. The summed E-state index contributed by atoms with van der Waals surface area (Å²) in [6, 6.07) is 14.8. The summed E-state index contributed by atoms with van der Waals surface area (Å²) in [7, 11) is 0. The molecule has 3 rings (SSSR count). The van der Waals surface area contributed by atoms with E-state index in [1.807, 2.05) is 44.2 Å². The van der Waals surface area contributed by atoms with Gasteiger partial charge in [0, 0.05) is 17.7 Å². The van der Waals surface area contributed by atoms with Gasteiger partial charge >= 0.3 is 0 Å². The average molecular weight is 368 g/mol. The van der Waals surface area contributed by atoms with Crippen molar-refractivity contribution in [3.63, 3.8) is 0 Å². The Morgan fingerprint density at radius 1 is 1.22 bits per heavy atom. The van der Waals surface area contributed by atoms with Crippen molar-refractivity contribution in [2.75, 3.05) is 23.4 Å². The fourth-order valence-corrected chi connectivity index (χ4v) is 2.78. The fourth-order valence-electron chi connectivity index (χ4n) is 2.78. The third kappa shape index (κ3) is 4.39. The van der Waals surface area contributed by atoms with Crippen LogP contribution in [0.2, 0.25) is 0 Å². The van der Waals surface area contributed by atoms with Crippen molar-refractivity contribution in [1.82, 2.24) is 0 Å². The van der Waals surface area contributed by atoms with Gasteiger partial charge in [0.2, 0.25) is 5.91 Å². The monoisotopic (exact) mass is 368 g/mol. The van der Waals surface area contributed by atoms with E-state index in [1.54, 1.807) is 30.0 Å². The Morgan fingerprint density at radius 2 is 1.96 bits per heavy atom. The molecule has 0 saturated heterocycles. The number of carbonyl (C=O) groups excluding carboxylic acids is 2. The van der Waals surface area contributed by atoms with E-state index in [0.717, 1.165) is 5.75 Å². The lowest BCUT2D eigenvalue weighted by molar-refractivity contribution is -0.125. The maximum absolute atomic E-state index is 12.6. The molecule has 2 aromatic carbocycles. The minimum Gasteiger partial charge on any atom is -0.492 e. The van der Waals surface area contributed by atoms with Crippen LogP contribution in [0.3, 0.4) is 0 Å². The summed E-state index contributed by atoms with van der Waals surface area (Å²) in [5.41, 5.74) is 1.33. The van der Waals surface area contributed by atoms with Crippen molar-refractivity contribution < 1.29 is 19.1 Å². The Bertz CT molecular complexity index is 820. The van der Waals surface area contributed by atoms with Gasteiger partial charge in [-0.3, -0.25) is 9.59 Å². The average Bonchev–Trinajstić information content (AvgIpc) is 2.65. The molecule has 1 N–H and O–H groups in total. The van der Waals surface area contributed by atoms with Gasteiger partial charge in [-0.2, -0.15) is 0 Å². The van der Waals surface area contributed by atoms with Crippen LogP contribution in [0.25, 0.3) is 0 Å². The molecule has 142 valence electrons. The summed E-state index contributed by atoms with van der Waals surface area (Å²) in [4.78, 5) is 26.1. The molecule has 6 nitrogen and oxygen atoms in total. The van der Waals surface area contributed by atoms with Gasteiger partial charge in [-0.15, -0.1) is 0 Å². The highest BCUT2D eigenvalue weighted by Crippen LogP contribution is 2.36. The van der Waals surface area contributed by atoms with Gasteiger partial charge in [0.05, 0.1) is 12.2 Å². The number of benzene rings is 2. The SMILES string of the molecule is CC(C)C(=O)Nc1ccc2c(c1)OC(C)C(=O)N2CCOc1ccccc1. The maximum Gasteiger partial charge on any atom is 0.267 e. The fraction of sp³-hybridized carbons (Fsp3) is 0.333. The number of carbonyl (C=O) groups is 2. The normalized spacial score (nSPS) is 15.9. The van der Waals surface area contributed by atoms with Gasteiger partial charge in [0.25, 0.3) is 5.91 Å². The smallest absolute Gasteiger partial charge is 0.267 e. The number of para-hydroxylation sites is 1. The molecule has 0 saturated carbocycles. The van der Waals surface area contributed by atoms with Crippen LogP contribution in [0.1, 0.15) is 20.8 Å². The minimum atomic E-state index is -0.592. The molecule has 0 radical (unpaired) electrons. The molecule has 1 heterocycles. The number of fused-ring (bicyclic) bond motifs is 1. The second kappa shape index (κ2) is 8.12. The molecule has 0 aromatic heterocycles. The van der Waals surface area contributed by atoms with E-state index < -0.39 is 6.10 Å². The molecule has 0 aliphatic carbocycles. The van der Waals surface area contributed by atoms with Crippen molar-refractivity contribution in [3.8, 4) is 11.5 Å². The highest BCUT2D eigenvalue weighted by molar-refractivity contribution is 6.00. The molecule has 0 spiro atoms. The molecule has 0 bridgehead atoms. The second-order valence-electron chi connectivity index (χ2n) is 6.74. The molecule has 1 atom stereocenters.